The number of rotatable bonds is 7. The summed E-state index contributed by atoms with van der Waals surface area (Å²) in [6, 6.07) is 33.4. The molecule has 0 N–H and O–H groups in total. The molecule has 0 saturated carbocycles. The van der Waals surface area contributed by atoms with Gasteiger partial charge in [-0.3, -0.25) is 14.9 Å². The minimum Gasteiger partial charge on any atom is -0.350 e. The van der Waals surface area contributed by atoms with E-state index in [2.05, 4.69) is 0 Å². The van der Waals surface area contributed by atoms with Gasteiger partial charge in [-0.25, -0.2) is 0 Å². The number of aryl methyl sites for hydroxylation is 2. The van der Waals surface area contributed by atoms with Gasteiger partial charge in [-0.15, -0.1) is 0 Å². The van der Waals surface area contributed by atoms with E-state index in [0.717, 1.165) is 44.4 Å². The summed E-state index contributed by atoms with van der Waals surface area (Å²) in [6.45, 7) is 1.96. The summed E-state index contributed by atoms with van der Waals surface area (Å²) in [5.74, 6) is -0.868. The maximum atomic E-state index is 15.1. The molecule has 6 rings (SSSR count). The lowest BCUT2D eigenvalue weighted by atomic mass is 9.63. The fourth-order valence-electron chi connectivity index (χ4n) is 6.44. The highest BCUT2D eigenvalue weighted by molar-refractivity contribution is 6.13. The summed E-state index contributed by atoms with van der Waals surface area (Å²) < 4.78 is 2.02. The summed E-state index contributed by atoms with van der Waals surface area (Å²) in [6.07, 6.45) is 2.00. The van der Waals surface area contributed by atoms with Gasteiger partial charge in [0.2, 0.25) is 12.5 Å². The van der Waals surface area contributed by atoms with E-state index in [1.807, 2.05) is 133 Å². The van der Waals surface area contributed by atoms with Crippen LogP contribution in [0.15, 0.2) is 109 Å². The van der Waals surface area contributed by atoms with E-state index in [9.17, 15) is 10.1 Å². The van der Waals surface area contributed by atoms with Crippen LogP contribution >= 0.6 is 0 Å². The second-order valence-corrected chi connectivity index (χ2v) is 10.3. The number of carbonyl (C=O) groups excluding carboxylic acids is 1. The highest BCUT2D eigenvalue weighted by Gasteiger charge is 2.59. The van der Waals surface area contributed by atoms with Crippen LogP contribution in [0, 0.1) is 17.0 Å². The molecule has 0 spiro atoms. The van der Waals surface area contributed by atoms with Crippen LogP contribution in [0.3, 0.4) is 0 Å². The average Bonchev–Trinajstić information content (AvgIpc) is 3.40. The molecule has 1 amide bonds. The Balaban J connectivity index is 1.71. The van der Waals surface area contributed by atoms with Crippen molar-refractivity contribution in [2.24, 2.45) is 7.05 Å². The van der Waals surface area contributed by atoms with E-state index in [4.69, 9.17) is 0 Å². The Hall–Kier alpha value is -4.71. The number of hydrogen-bond acceptors (Lipinski definition) is 3. The molecule has 4 aromatic carbocycles. The first-order valence-corrected chi connectivity index (χ1v) is 13.1. The molecule has 0 aliphatic carbocycles. The smallest absolute Gasteiger partial charge is 0.243 e. The predicted octanol–water partition coefficient (Wildman–Crippen LogP) is 6.38. The van der Waals surface area contributed by atoms with Gasteiger partial charge in [0.1, 0.15) is 5.41 Å². The van der Waals surface area contributed by atoms with Crippen molar-refractivity contribution in [3.63, 3.8) is 0 Å². The van der Waals surface area contributed by atoms with E-state index in [-0.39, 0.29) is 17.4 Å². The number of fused-ring (bicyclic) bond motifs is 2. The number of nitrogens with zero attached hydrogens (tertiary/aromatic N) is 3. The number of aromatic nitrogens is 1. The minimum absolute atomic E-state index is 0.140. The SMILES string of the molecule is Cc1ccccc1[C@@H](C[N+](=O)[O-])[C@]1(c2cn(C)c3ccccc23)C(=O)N(Cc2ccccc2)c2ccccc21. The molecule has 194 valence electrons. The second kappa shape index (κ2) is 9.55. The van der Waals surface area contributed by atoms with Gasteiger partial charge in [0, 0.05) is 34.8 Å². The largest absolute Gasteiger partial charge is 0.350 e. The van der Waals surface area contributed by atoms with Crippen molar-refractivity contribution in [2.45, 2.75) is 24.8 Å². The molecule has 1 aliphatic rings. The van der Waals surface area contributed by atoms with Crippen molar-refractivity contribution < 1.29 is 9.72 Å². The summed E-state index contributed by atoms with van der Waals surface area (Å²) >= 11 is 0. The third-order valence-corrected chi connectivity index (χ3v) is 8.13. The van der Waals surface area contributed by atoms with Crippen LogP contribution < -0.4 is 4.90 Å². The fourth-order valence-corrected chi connectivity index (χ4v) is 6.44. The first-order chi connectivity index (χ1) is 18.9. The molecule has 39 heavy (non-hydrogen) atoms. The van der Waals surface area contributed by atoms with Crippen LogP contribution in [-0.4, -0.2) is 21.9 Å². The Kier molecular flexibility index (Phi) is 6.03. The van der Waals surface area contributed by atoms with E-state index >= 15 is 4.79 Å². The summed E-state index contributed by atoms with van der Waals surface area (Å²) in [7, 11) is 1.96. The van der Waals surface area contributed by atoms with E-state index in [1.54, 1.807) is 0 Å². The summed E-state index contributed by atoms with van der Waals surface area (Å²) in [4.78, 5) is 29.0. The Morgan fingerprint density at radius 3 is 2.28 bits per heavy atom. The zero-order valence-corrected chi connectivity index (χ0v) is 22.0. The molecule has 1 aromatic heterocycles. The van der Waals surface area contributed by atoms with E-state index in [0.29, 0.717) is 6.54 Å². The van der Waals surface area contributed by atoms with Gasteiger partial charge in [0.05, 0.1) is 12.5 Å². The van der Waals surface area contributed by atoms with Gasteiger partial charge in [-0.2, -0.15) is 0 Å². The molecule has 0 unspecified atom stereocenters. The molecule has 0 bridgehead atoms. The number of amides is 1. The Labute approximate surface area is 227 Å². The molecule has 2 atom stereocenters. The highest BCUT2D eigenvalue weighted by Crippen LogP contribution is 2.56. The lowest BCUT2D eigenvalue weighted by Gasteiger charge is -2.36. The van der Waals surface area contributed by atoms with Gasteiger partial charge in [0.15, 0.2) is 0 Å². The number of anilines is 1. The lowest BCUT2D eigenvalue weighted by molar-refractivity contribution is -0.484. The first kappa shape index (κ1) is 24.6. The van der Waals surface area contributed by atoms with Crippen LogP contribution in [0.1, 0.15) is 33.7 Å². The Bertz CT molecular complexity index is 1710. The van der Waals surface area contributed by atoms with Gasteiger partial charge in [-0.05, 0) is 46.9 Å². The Morgan fingerprint density at radius 1 is 0.846 bits per heavy atom. The van der Waals surface area contributed by atoms with Crippen LogP contribution in [0.2, 0.25) is 0 Å². The normalized spacial score (nSPS) is 17.4. The predicted molar refractivity (Wildman–Crippen MR) is 154 cm³/mol. The molecule has 0 radical (unpaired) electrons. The fraction of sp³-hybridized carbons (Fsp3) is 0.182. The summed E-state index contributed by atoms with van der Waals surface area (Å²) in [5.41, 5.74) is 4.80. The zero-order chi connectivity index (χ0) is 27.1. The lowest BCUT2D eigenvalue weighted by Crippen LogP contribution is -2.47. The van der Waals surface area contributed by atoms with Crippen molar-refractivity contribution in [3.8, 4) is 0 Å². The van der Waals surface area contributed by atoms with Crippen molar-refractivity contribution >= 4 is 22.5 Å². The average molecular weight is 516 g/mol. The monoisotopic (exact) mass is 515 g/mol. The molecule has 5 aromatic rings. The maximum Gasteiger partial charge on any atom is 0.243 e. The van der Waals surface area contributed by atoms with Crippen LogP contribution in [-0.2, 0) is 23.8 Å². The second-order valence-electron chi connectivity index (χ2n) is 10.3. The van der Waals surface area contributed by atoms with Crippen molar-refractivity contribution in [2.75, 3.05) is 11.4 Å². The maximum absolute atomic E-state index is 15.1. The van der Waals surface area contributed by atoms with Crippen LogP contribution in [0.25, 0.3) is 10.9 Å². The molecule has 2 heterocycles. The molecule has 6 heteroatoms. The topological polar surface area (TPSA) is 68.4 Å². The number of benzene rings is 4. The number of carbonyl (C=O) groups is 1. The third-order valence-electron chi connectivity index (χ3n) is 8.13. The standard InChI is InChI=1S/C33H29N3O3/c1-23-12-6-7-15-25(23)29(22-36(38)39)33(28-21-34(2)30-18-10-8-16-26(28)30)27-17-9-11-19-31(27)35(32(33)37)20-24-13-4-3-5-14-24/h3-19,21,29H,20,22H2,1-2H3/t29-,33+/m1/s1. The van der Waals surface area contributed by atoms with Crippen LogP contribution in [0.4, 0.5) is 5.69 Å². The van der Waals surface area contributed by atoms with Crippen LogP contribution in [0.5, 0.6) is 0 Å². The zero-order valence-electron chi connectivity index (χ0n) is 22.0. The summed E-state index contributed by atoms with van der Waals surface area (Å²) in [5, 5.41) is 13.3. The molecular weight excluding hydrogens is 486 g/mol. The molecular formula is C33H29N3O3. The van der Waals surface area contributed by atoms with E-state index < -0.39 is 11.3 Å². The quantitative estimate of drug-likeness (QED) is 0.187. The van der Waals surface area contributed by atoms with Gasteiger partial charge >= 0.3 is 0 Å². The molecule has 6 nitrogen and oxygen atoms in total. The number of hydrogen-bond donors (Lipinski definition) is 0. The minimum atomic E-state index is -1.30. The molecule has 1 aliphatic heterocycles. The number of nitro groups is 1. The van der Waals surface area contributed by atoms with E-state index in [1.165, 1.54) is 0 Å². The van der Waals surface area contributed by atoms with Crippen molar-refractivity contribution in [1.82, 2.24) is 4.57 Å². The van der Waals surface area contributed by atoms with Gasteiger partial charge in [-0.1, -0.05) is 91.0 Å². The van der Waals surface area contributed by atoms with Gasteiger partial charge < -0.3 is 9.47 Å². The molecule has 0 saturated heterocycles. The third kappa shape index (κ3) is 3.83. The number of para-hydroxylation sites is 2. The highest BCUT2D eigenvalue weighted by atomic mass is 16.6. The Morgan fingerprint density at radius 2 is 1.51 bits per heavy atom. The first-order valence-electron chi connectivity index (χ1n) is 13.1. The van der Waals surface area contributed by atoms with Gasteiger partial charge in [0.25, 0.3) is 0 Å². The molecule has 0 fully saturated rings. The van der Waals surface area contributed by atoms with Crippen molar-refractivity contribution in [3.05, 3.63) is 147 Å². The van der Waals surface area contributed by atoms with Crippen molar-refractivity contribution in [1.29, 1.82) is 0 Å².